The first-order valence-corrected chi connectivity index (χ1v) is 59.2. The quantitative estimate of drug-likeness (QED) is 0.0734. The maximum Gasteiger partial charge on any atom is 0.414 e. The molecule has 0 aliphatic carbocycles. The molecule has 35 heteroatoms. The molecule has 0 radical (unpaired) electrons. The highest BCUT2D eigenvalue weighted by molar-refractivity contribution is 7.99. The predicted molar refractivity (Wildman–Crippen MR) is 642 cm³/mol. The monoisotopic (exact) mass is 2250 g/mol. The lowest BCUT2D eigenvalue weighted by atomic mass is 9.69. The lowest BCUT2D eigenvalue weighted by Gasteiger charge is -2.40. The van der Waals surface area contributed by atoms with Crippen LogP contribution in [0.4, 0.5) is 37.7 Å². The van der Waals surface area contributed by atoms with Crippen LogP contribution in [0.5, 0.6) is 11.5 Å². The Balaban J connectivity index is -0.000000155. The fourth-order valence-electron chi connectivity index (χ4n) is 11.6. The number of hydrogen-bond acceptors (Lipinski definition) is 14. The summed E-state index contributed by atoms with van der Waals surface area (Å²) in [5.74, 6) is 6.01. The Morgan fingerprint density at radius 1 is 0.427 bits per heavy atom. The molecule has 2 atom stereocenters. The molecule has 10 rings (SSSR count). The number of hydrogen-bond donors (Lipinski definition) is 5. The molecule has 6 aromatic carbocycles. The lowest BCUT2D eigenvalue weighted by molar-refractivity contribution is -0.243. The summed E-state index contributed by atoms with van der Waals surface area (Å²) in [5.41, 5.74) is 7.48. The summed E-state index contributed by atoms with van der Waals surface area (Å²) in [7, 11) is -5.52. The van der Waals surface area contributed by atoms with Crippen LogP contribution in [0.15, 0.2) is 164 Å². The Kier molecular flexibility index (Phi) is 77.3. The molecule has 1 saturated heterocycles. The zero-order valence-corrected chi connectivity index (χ0v) is 104. The number of phenols is 2. The minimum atomic E-state index is -4.50. The number of alkyl halides is 6. The van der Waals surface area contributed by atoms with Gasteiger partial charge in [0.05, 0.1) is 22.5 Å². The van der Waals surface area contributed by atoms with E-state index < -0.39 is 95.1 Å². The average Bonchev–Trinajstić information content (AvgIpc) is 1.64. The second-order valence-corrected chi connectivity index (χ2v) is 58.4. The first-order chi connectivity index (χ1) is 65.4. The number of aromatic hydroxyl groups is 2. The van der Waals surface area contributed by atoms with E-state index in [4.69, 9.17) is 5.11 Å². The van der Waals surface area contributed by atoms with Gasteiger partial charge in [-0.1, -0.05) is 448 Å². The van der Waals surface area contributed by atoms with Crippen LogP contribution in [0.2, 0.25) is 0 Å². The van der Waals surface area contributed by atoms with Gasteiger partial charge in [-0.2, -0.15) is 81.5 Å². The molecule has 4 heterocycles. The molecule has 0 amide bonds. The van der Waals surface area contributed by atoms with Gasteiger partial charge in [0, 0.05) is 107 Å². The molecular weight excluding hydrogens is 2040 g/mol. The number of anilines is 2. The number of halogens is 6. The average molecular weight is 2260 g/mol. The molecular formula is C115H217F6N9O14S6. The zero-order chi connectivity index (χ0) is 118. The number of sulfonamides is 1. The molecule has 0 bridgehead atoms. The third kappa shape index (κ3) is 66.5. The number of nitrogens with one attached hydrogen (secondary N) is 2. The van der Waals surface area contributed by atoms with Gasteiger partial charge in [-0.15, -0.1) is 0 Å². The van der Waals surface area contributed by atoms with E-state index in [1.54, 1.807) is 64.4 Å². The van der Waals surface area contributed by atoms with Crippen molar-refractivity contribution in [3.63, 3.8) is 0 Å². The van der Waals surface area contributed by atoms with Crippen molar-refractivity contribution < 1.29 is 88.0 Å². The molecule has 5 N–H and O–H groups in total. The van der Waals surface area contributed by atoms with Crippen LogP contribution in [0.1, 0.15) is 359 Å². The third-order valence-corrected chi connectivity index (χ3v) is 30.7. The summed E-state index contributed by atoms with van der Waals surface area (Å²) in [6.45, 7) is 84.7. The Morgan fingerprint density at radius 2 is 0.787 bits per heavy atom. The molecule has 4 aliphatic rings. The number of phenolic OH excluding ortho intramolecular Hbond substituents is 2. The largest absolute Gasteiger partial charge is 0.508 e. The van der Waals surface area contributed by atoms with E-state index in [9.17, 15) is 82.9 Å². The van der Waals surface area contributed by atoms with Gasteiger partial charge in [0.25, 0.3) is 30.6 Å². The molecule has 23 nitrogen and oxygen atoms in total. The molecule has 1 fully saturated rings. The zero-order valence-electron chi connectivity index (χ0n) is 99.2. The number of aliphatic hydroxyl groups is 1. The van der Waals surface area contributed by atoms with Gasteiger partial charge in [-0.3, -0.25) is 17.5 Å². The van der Waals surface area contributed by atoms with E-state index in [1.807, 2.05) is 180 Å². The fraction of sp³-hybridized carbons (Fsp3) is 0.661. The Labute approximate surface area is 918 Å². The van der Waals surface area contributed by atoms with Gasteiger partial charge in [0.2, 0.25) is 10.0 Å². The first kappa shape index (κ1) is 166. The van der Waals surface area contributed by atoms with Crippen molar-refractivity contribution in [3.8, 4) is 11.5 Å². The van der Waals surface area contributed by atoms with Crippen LogP contribution >= 0.6 is 0 Å². The van der Waals surface area contributed by atoms with Gasteiger partial charge < -0.3 is 15.3 Å². The van der Waals surface area contributed by atoms with E-state index in [2.05, 4.69) is 198 Å². The molecule has 884 valence electrons. The summed E-state index contributed by atoms with van der Waals surface area (Å²) in [4.78, 5) is 0. The van der Waals surface area contributed by atoms with Crippen molar-refractivity contribution >= 4 is 77.6 Å². The van der Waals surface area contributed by atoms with Gasteiger partial charge in [-0.25, -0.2) is 13.1 Å². The summed E-state index contributed by atoms with van der Waals surface area (Å²) < 4.78 is 210. The van der Waals surface area contributed by atoms with E-state index in [0.29, 0.717) is 72.2 Å². The maximum absolute atomic E-state index is 12.3. The van der Waals surface area contributed by atoms with Crippen molar-refractivity contribution in [3.05, 3.63) is 203 Å². The SMILES string of the molecule is C.C.C.C.C=S1(=O)Cc2ccc(C(C)(C)C)cc2C1.CC.CC.CC.CC.CC.CC(C)(C)C(C)(C)C(F)(F)F.CC(C)(C)C(O)C(F)(F)F.CC(C)(C)CN1CCNS1(=O)=O.CC(C)(C)CN1c2ccccc2NS1(=O)=O.CC(C)(C)c1cccc(O)c1.CC(C)(C)c1ccccc1.CC(C)(C)c1ccccc1.CC(C)(C)c1ccccc1O.CN(C)S(=O)(=O)N(C)C.CN(C)S(=O)(=O)N(C)CC(C)(C)C.CN1C=CCS1(=O)=O. The van der Waals surface area contributed by atoms with Crippen molar-refractivity contribution in [2.24, 2.45) is 32.5 Å². The number of aliphatic hydroxyl groups excluding tert-OH is 1. The number of para-hydroxylation sites is 3. The summed E-state index contributed by atoms with van der Waals surface area (Å²) in [6.07, 6.45) is -7.69. The summed E-state index contributed by atoms with van der Waals surface area (Å²) in [5, 5.41) is 27.2. The van der Waals surface area contributed by atoms with E-state index >= 15 is 0 Å². The van der Waals surface area contributed by atoms with Gasteiger partial charge in [-0.05, 0) is 139 Å². The van der Waals surface area contributed by atoms with Crippen LogP contribution in [0.25, 0.3) is 0 Å². The first-order valence-electron chi connectivity index (χ1n) is 49.8. The van der Waals surface area contributed by atoms with Crippen molar-refractivity contribution in [2.75, 3.05) is 104 Å². The maximum atomic E-state index is 12.3. The number of benzene rings is 6. The van der Waals surface area contributed by atoms with E-state index in [-0.39, 0.29) is 67.9 Å². The van der Waals surface area contributed by atoms with Crippen LogP contribution in [-0.4, -0.2) is 207 Å². The van der Waals surface area contributed by atoms with Gasteiger partial charge >= 0.3 is 22.6 Å². The van der Waals surface area contributed by atoms with E-state index in [1.165, 1.54) is 133 Å². The highest BCUT2D eigenvalue weighted by Crippen LogP contribution is 2.50. The molecule has 0 spiro atoms. The van der Waals surface area contributed by atoms with Gasteiger partial charge in [0.1, 0.15) is 11.5 Å². The normalized spacial score (nSPS) is 15.4. The topological polar surface area (TPSA) is 295 Å². The highest BCUT2D eigenvalue weighted by atomic mass is 32.2. The molecule has 150 heavy (non-hydrogen) atoms. The minimum absolute atomic E-state index is 0. The molecule has 0 saturated carbocycles. The number of rotatable bonds is 7. The standard InChI is InChI=1S/C13H18OS.C11H16N2O2S.2C10H14O.2C10H14.C8H15F3.C8H20N2O2S.C7H16N2O2S.C6H11F3O.C4H12N2O2S.C4H7NO2S.5C2H6.4CH4/c1-13(2,3)12-6-5-10-8-15(4,14)9-11(10)7-12;1-11(2,3)8-13-10-7-5-4-6-9(10)12-16(13,14)15;1-10(2,3)8-5-4-6-9(11)7-8;1-10(2,3)8-6-4-5-7-9(8)11;2*1-10(2,3)9-7-5-4-6-8-9;1-6(2,3)7(4,5)8(9,10)11;1-8(2,3)7-10(6)13(11,12)9(4)5;1-7(2,3)6-9-5-4-8-12(9,10)11;1-5(2,3)4(10)6(7,8)9;1-5(2)9(7,8)6(3)4;1-5-3-2-4-8(5,6)7;5*1-2;;;;/h5-7H,4,8-9H2,1-3H3;4-7,12H,8H2,1-3H3;2*4-7,11H,1-3H3;2*4-8H,1-3H3;1-5H3;7H2,1-6H3;8H,4-6H2,1-3H3;4,10H,1-3H3;1-4H3;2-3H,4H2,1H3;5*1-2H3;4*1H4. The fourth-order valence-corrected chi connectivity index (χ4v) is 19.0. The number of fused-ring (bicyclic) bond motifs is 2. The van der Waals surface area contributed by atoms with E-state index in [0.717, 1.165) is 25.4 Å². The minimum Gasteiger partial charge on any atom is -0.508 e. The summed E-state index contributed by atoms with van der Waals surface area (Å²) >= 11 is 0. The highest BCUT2D eigenvalue weighted by Gasteiger charge is 2.54. The van der Waals surface area contributed by atoms with Crippen LogP contribution < -0.4 is 13.7 Å². The second kappa shape index (κ2) is 70.0. The molecule has 0 aromatic heterocycles. The van der Waals surface area contributed by atoms with Crippen molar-refractivity contribution in [1.82, 2.24) is 30.6 Å². The van der Waals surface area contributed by atoms with Gasteiger partial charge in [0.15, 0.2) is 6.10 Å². The number of nitrogens with zero attached hydrogens (tertiary/aromatic N) is 7. The summed E-state index contributed by atoms with van der Waals surface area (Å²) in [6, 6.07) is 49.7. The van der Waals surface area contributed by atoms with Crippen LogP contribution in [0, 0.1) is 32.5 Å². The lowest BCUT2D eigenvalue weighted by Crippen LogP contribution is -2.43. The Hall–Kier alpha value is -6.87. The Bertz CT molecular complexity index is 5290. The third-order valence-electron chi connectivity index (χ3n) is 20.8. The van der Waals surface area contributed by atoms with Crippen LogP contribution in [0.3, 0.4) is 0 Å². The Morgan fingerprint density at radius 3 is 1.04 bits per heavy atom. The predicted octanol–water partition coefficient (Wildman–Crippen LogP) is 29.6. The van der Waals surface area contributed by atoms with Crippen molar-refractivity contribution in [1.29, 1.82) is 0 Å². The second-order valence-electron chi connectivity index (χ2n) is 45.8. The van der Waals surface area contributed by atoms with Crippen LogP contribution in [-0.2, 0) is 99.0 Å². The molecule has 4 aliphatic heterocycles. The molecule has 2 unspecified atom stereocenters. The molecule has 6 aromatic rings. The van der Waals surface area contributed by atoms with Crippen molar-refractivity contribution in [2.45, 2.75) is 378 Å². The smallest absolute Gasteiger partial charge is 0.414 e.